The van der Waals surface area contributed by atoms with Crippen LogP contribution in [0.4, 0.5) is 0 Å². The third-order valence-electron chi connectivity index (χ3n) is 15.2. The largest absolute Gasteiger partial charge is 0.478 e. The van der Waals surface area contributed by atoms with Crippen molar-refractivity contribution in [2.75, 3.05) is 0 Å². The summed E-state index contributed by atoms with van der Waals surface area (Å²) >= 11 is 0. The van der Waals surface area contributed by atoms with Gasteiger partial charge in [-0.15, -0.1) is 0 Å². The highest BCUT2D eigenvalue weighted by atomic mass is 16.4. The molecular formula is C37H48O2. The Hall–Kier alpha value is -1.31. The second-order valence-corrected chi connectivity index (χ2v) is 17.8. The van der Waals surface area contributed by atoms with Crippen LogP contribution in [0.1, 0.15) is 143 Å². The predicted molar refractivity (Wildman–Crippen MR) is 153 cm³/mol. The molecule has 0 spiro atoms. The smallest absolute Gasteiger partial charge is 0.336 e. The summed E-state index contributed by atoms with van der Waals surface area (Å²) in [7, 11) is 0. The Labute approximate surface area is 235 Å². The Bertz CT molecular complexity index is 1080. The Balaban J connectivity index is 1.20. The van der Waals surface area contributed by atoms with Crippen LogP contribution in [0.3, 0.4) is 0 Å². The first-order valence-electron chi connectivity index (χ1n) is 17.3. The van der Waals surface area contributed by atoms with Gasteiger partial charge in [-0.1, -0.05) is 12.1 Å². The summed E-state index contributed by atoms with van der Waals surface area (Å²) in [5, 5.41) is 11.2. The van der Waals surface area contributed by atoms with Gasteiger partial charge in [-0.3, -0.25) is 0 Å². The van der Waals surface area contributed by atoms with E-state index in [0.717, 1.165) is 58.8 Å². The predicted octanol–water partition coefficient (Wildman–Crippen LogP) is 8.79. The molecule has 2 nitrogen and oxygen atoms in total. The van der Waals surface area contributed by atoms with Gasteiger partial charge in [-0.05, 0) is 202 Å². The summed E-state index contributed by atoms with van der Waals surface area (Å²) in [6, 6.07) is 5.24. The fourth-order valence-electron chi connectivity index (χ4n) is 15.4. The normalized spacial score (nSPS) is 53.6. The molecule has 0 aromatic heterocycles. The highest BCUT2D eigenvalue weighted by Gasteiger charge is 2.58. The van der Waals surface area contributed by atoms with Crippen LogP contribution >= 0.6 is 0 Å². The summed E-state index contributed by atoms with van der Waals surface area (Å²) in [4.78, 5) is 13.6. The number of aromatic carboxylic acids is 1. The molecule has 0 radical (unpaired) electrons. The molecule has 208 valence electrons. The molecule has 1 aromatic carbocycles. The van der Waals surface area contributed by atoms with Crippen molar-refractivity contribution in [3.8, 4) is 0 Å². The van der Waals surface area contributed by atoms with Crippen molar-refractivity contribution in [3.05, 3.63) is 34.4 Å². The second kappa shape index (κ2) is 7.55. The first-order chi connectivity index (χ1) is 18.9. The lowest BCUT2D eigenvalue weighted by atomic mass is 9.44. The summed E-state index contributed by atoms with van der Waals surface area (Å²) in [6.07, 6.45) is 24.9. The SMILES string of the molecule is O=C(O)c1c(C23CC4CC(CC(C4)C2)C3)cc(C23CC4CC(CC(C4)C2)C3)cc1C12CC3CC(CC(C3)C1)C2. The van der Waals surface area contributed by atoms with Crippen molar-refractivity contribution in [1.82, 2.24) is 0 Å². The Morgan fingerprint density at radius 3 is 1.00 bits per heavy atom. The molecule has 0 heterocycles. The average molecular weight is 525 g/mol. The summed E-state index contributed by atoms with van der Waals surface area (Å²) in [5.74, 6) is 7.32. The summed E-state index contributed by atoms with van der Waals surface area (Å²) in [6.45, 7) is 0. The van der Waals surface area contributed by atoms with E-state index >= 15 is 0 Å². The molecule has 39 heavy (non-hydrogen) atoms. The zero-order valence-corrected chi connectivity index (χ0v) is 23.9. The highest BCUT2D eigenvalue weighted by Crippen LogP contribution is 2.66. The molecule has 12 bridgehead atoms. The van der Waals surface area contributed by atoms with Crippen LogP contribution in [0.15, 0.2) is 12.1 Å². The molecule has 0 amide bonds. The molecule has 12 aliphatic rings. The molecule has 12 aliphatic carbocycles. The van der Waals surface area contributed by atoms with Gasteiger partial charge in [0.2, 0.25) is 0 Å². The Morgan fingerprint density at radius 1 is 0.487 bits per heavy atom. The quantitative estimate of drug-likeness (QED) is 0.427. The van der Waals surface area contributed by atoms with E-state index in [4.69, 9.17) is 0 Å². The Morgan fingerprint density at radius 2 is 0.744 bits per heavy atom. The minimum atomic E-state index is -0.580. The van der Waals surface area contributed by atoms with Gasteiger partial charge in [0.1, 0.15) is 0 Å². The number of benzene rings is 1. The number of hydrogen-bond acceptors (Lipinski definition) is 1. The van der Waals surface area contributed by atoms with Crippen molar-refractivity contribution in [2.45, 2.75) is 132 Å². The van der Waals surface area contributed by atoms with Gasteiger partial charge >= 0.3 is 5.97 Å². The fraction of sp³-hybridized carbons (Fsp3) is 0.811. The number of carboxylic acid groups (broad SMARTS) is 1. The maximum Gasteiger partial charge on any atom is 0.336 e. The molecular weight excluding hydrogens is 476 g/mol. The van der Waals surface area contributed by atoms with Crippen LogP contribution in [0, 0.1) is 53.3 Å². The standard InChI is InChI=1S/C37H48O2/c38-34(39)33-31(36-15-24-4-25(16-36)6-26(5-24)17-36)10-30(35-12-21-1-22(13-35)3-23(2-21)14-35)11-32(33)37-18-27-7-28(19-37)9-29(8-27)20-37/h10-11,21-29H,1-9,12-20H2,(H,38,39). The fourth-order valence-corrected chi connectivity index (χ4v) is 15.4. The van der Waals surface area contributed by atoms with Crippen LogP contribution in [0.5, 0.6) is 0 Å². The van der Waals surface area contributed by atoms with Gasteiger partial charge in [0.25, 0.3) is 0 Å². The topological polar surface area (TPSA) is 37.3 Å². The van der Waals surface area contributed by atoms with Crippen molar-refractivity contribution >= 4 is 5.97 Å². The van der Waals surface area contributed by atoms with Crippen LogP contribution in [-0.4, -0.2) is 11.1 Å². The summed E-state index contributed by atoms with van der Waals surface area (Å²) < 4.78 is 0. The van der Waals surface area contributed by atoms with Crippen LogP contribution in [0.25, 0.3) is 0 Å². The Kier molecular flexibility index (Phi) is 4.50. The van der Waals surface area contributed by atoms with Crippen LogP contribution < -0.4 is 0 Å². The van der Waals surface area contributed by atoms with E-state index in [1.54, 1.807) is 5.56 Å². The number of carboxylic acids is 1. The van der Waals surface area contributed by atoms with Gasteiger partial charge in [0, 0.05) is 0 Å². The highest BCUT2D eigenvalue weighted by molar-refractivity contribution is 5.92. The third-order valence-corrected chi connectivity index (χ3v) is 15.2. The summed E-state index contributed by atoms with van der Waals surface area (Å²) in [5.41, 5.74) is 5.87. The lowest BCUT2D eigenvalue weighted by Gasteiger charge is -2.60. The average Bonchev–Trinajstić information content (AvgIpc) is 2.85. The zero-order valence-electron chi connectivity index (χ0n) is 23.9. The van der Waals surface area contributed by atoms with Crippen LogP contribution in [-0.2, 0) is 16.2 Å². The molecule has 1 N–H and O–H groups in total. The maximum atomic E-state index is 13.6. The molecule has 12 fully saturated rings. The van der Waals surface area contributed by atoms with E-state index in [0.29, 0.717) is 5.41 Å². The van der Waals surface area contributed by atoms with Gasteiger partial charge in [0.15, 0.2) is 0 Å². The maximum absolute atomic E-state index is 13.6. The molecule has 2 heteroatoms. The molecule has 1 aromatic rings. The molecule has 0 aliphatic heterocycles. The first kappa shape index (κ1) is 23.3. The van der Waals surface area contributed by atoms with Crippen molar-refractivity contribution in [2.24, 2.45) is 53.3 Å². The monoisotopic (exact) mass is 524 g/mol. The van der Waals surface area contributed by atoms with Crippen molar-refractivity contribution in [3.63, 3.8) is 0 Å². The number of carbonyl (C=O) groups is 1. The van der Waals surface area contributed by atoms with Crippen molar-refractivity contribution in [1.29, 1.82) is 0 Å². The van der Waals surface area contributed by atoms with E-state index in [9.17, 15) is 9.90 Å². The van der Waals surface area contributed by atoms with E-state index in [1.807, 2.05) is 0 Å². The van der Waals surface area contributed by atoms with E-state index in [-0.39, 0.29) is 10.8 Å². The molecule has 0 atom stereocenters. The van der Waals surface area contributed by atoms with Gasteiger partial charge in [-0.2, -0.15) is 0 Å². The molecule has 0 unspecified atom stereocenters. The minimum absolute atomic E-state index is 0.151. The van der Waals surface area contributed by atoms with E-state index in [1.165, 1.54) is 127 Å². The second-order valence-electron chi connectivity index (χ2n) is 17.8. The van der Waals surface area contributed by atoms with Gasteiger partial charge in [0.05, 0.1) is 5.56 Å². The lowest BCUT2D eigenvalue weighted by Crippen LogP contribution is -2.52. The van der Waals surface area contributed by atoms with Gasteiger partial charge in [-0.25, -0.2) is 4.79 Å². The first-order valence-corrected chi connectivity index (χ1v) is 17.3. The van der Waals surface area contributed by atoms with E-state index < -0.39 is 5.97 Å². The number of hydrogen-bond donors (Lipinski definition) is 1. The third kappa shape index (κ3) is 3.19. The van der Waals surface area contributed by atoms with E-state index in [2.05, 4.69) is 12.1 Å². The molecule has 0 saturated heterocycles. The zero-order chi connectivity index (χ0) is 25.7. The molecule has 13 rings (SSSR count). The lowest BCUT2D eigenvalue weighted by molar-refractivity contribution is -0.0125. The molecule has 12 saturated carbocycles. The van der Waals surface area contributed by atoms with Crippen molar-refractivity contribution < 1.29 is 9.90 Å². The number of rotatable bonds is 4. The van der Waals surface area contributed by atoms with Gasteiger partial charge < -0.3 is 5.11 Å². The van der Waals surface area contributed by atoms with Crippen LogP contribution in [0.2, 0.25) is 0 Å². The minimum Gasteiger partial charge on any atom is -0.478 e.